The van der Waals surface area contributed by atoms with E-state index in [1.54, 1.807) is 0 Å². The summed E-state index contributed by atoms with van der Waals surface area (Å²) in [4.78, 5) is 12.1. The second kappa shape index (κ2) is 8.32. The van der Waals surface area contributed by atoms with Crippen molar-refractivity contribution in [2.75, 3.05) is 66.0 Å². The largest absolute Gasteiger partial charge is 0.355 e. The first kappa shape index (κ1) is 17.7. The molecule has 0 radical (unpaired) electrons. The standard InChI is InChI=1S/C18H34N6/c1-15(2)13-22-6-4-16(5-7-22)21-18(19-3)20-12-17-14-23-8-10-24(17)11-9-23/h16-17H,1,4-14H2,2-3H3,(H2,19,20,21). The Morgan fingerprint density at radius 1 is 1.12 bits per heavy atom. The summed E-state index contributed by atoms with van der Waals surface area (Å²) in [6.07, 6.45) is 2.36. The molecule has 4 heterocycles. The van der Waals surface area contributed by atoms with E-state index in [2.05, 4.69) is 43.8 Å². The number of nitrogens with zero attached hydrogens (tertiary/aromatic N) is 4. The molecular weight excluding hydrogens is 300 g/mol. The molecule has 2 N–H and O–H groups in total. The van der Waals surface area contributed by atoms with Crippen LogP contribution in [0.5, 0.6) is 0 Å². The Morgan fingerprint density at radius 2 is 1.83 bits per heavy atom. The van der Waals surface area contributed by atoms with Crippen LogP contribution in [0.3, 0.4) is 0 Å². The van der Waals surface area contributed by atoms with Gasteiger partial charge in [-0.2, -0.15) is 0 Å². The number of aliphatic imine (C=N–C) groups is 1. The average molecular weight is 335 g/mol. The lowest BCUT2D eigenvalue weighted by molar-refractivity contribution is 0.0154. The third-order valence-corrected chi connectivity index (χ3v) is 5.54. The summed E-state index contributed by atoms with van der Waals surface area (Å²) >= 11 is 0. The van der Waals surface area contributed by atoms with Crippen molar-refractivity contribution in [2.24, 2.45) is 4.99 Å². The highest BCUT2D eigenvalue weighted by atomic mass is 15.4. The molecule has 0 saturated carbocycles. The maximum Gasteiger partial charge on any atom is 0.191 e. The number of fused-ring (bicyclic) bond motifs is 3. The zero-order valence-electron chi connectivity index (χ0n) is 15.4. The lowest BCUT2D eigenvalue weighted by Gasteiger charge is -2.47. The zero-order valence-corrected chi connectivity index (χ0v) is 15.4. The van der Waals surface area contributed by atoms with E-state index in [0.29, 0.717) is 12.1 Å². The fraction of sp³-hybridized carbons (Fsp3) is 0.833. The zero-order chi connectivity index (χ0) is 16.9. The number of nitrogens with one attached hydrogen (secondary N) is 2. The summed E-state index contributed by atoms with van der Waals surface area (Å²) in [5.74, 6) is 0.964. The Morgan fingerprint density at radius 3 is 2.38 bits per heavy atom. The number of piperazine rings is 3. The number of hydrogen-bond donors (Lipinski definition) is 2. The first-order chi connectivity index (χ1) is 11.6. The number of hydrogen-bond acceptors (Lipinski definition) is 4. The Balaban J connectivity index is 1.39. The molecule has 24 heavy (non-hydrogen) atoms. The van der Waals surface area contributed by atoms with Gasteiger partial charge in [-0.05, 0) is 19.8 Å². The van der Waals surface area contributed by atoms with E-state index in [1.165, 1.54) is 51.1 Å². The minimum atomic E-state index is 0.532. The second-order valence-electron chi connectivity index (χ2n) is 7.60. The monoisotopic (exact) mass is 334 g/mol. The van der Waals surface area contributed by atoms with Crippen LogP contribution in [0.1, 0.15) is 19.8 Å². The van der Waals surface area contributed by atoms with Gasteiger partial charge in [0.25, 0.3) is 0 Å². The maximum absolute atomic E-state index is 4.43. The van der Waals surface area contributed by atoms with Gasteiger partial charge in [0, 0.05) is 78.0 Å². The lowest BCUT2D eigenvalue weighted by Crippen LogP contribution is -2.64. The van der Waals surface area contributed by atoms with Crippen molar-refractivity contribution in [2.45, 2.75) is 31.8 Å². The molecule has 0 aliphatic carbocycles. The quantitative estimate of drug-likeness (QED) is 0.427. The van der Waals surface area contributed by atoms with Crippen molar-refractivity contribution >= 4 is 5.96 Å². The summed E-state index contributed by atoms with van der Waals surface area (Å²) < 4.78 is 0. The Kier molecular flexibility index (Phi) is 6.14. The van der Waals surface area contributed by atoms with Gasteiger partial charge < -0.3 is 10.6 Å². The number of piperidine rings is 1. The molecule has 6 nitrogen and oxygen atoms in total. The third-order valence-electron chi connectivity index (χ3n) is 5.54. The number of guanidine groups is 1. The van der Waals surface area contributed by atoms with E-state index in [0.717, 1.165) is 32.1 Å². The maximum atomic E-state index is 4.43. The number of rotatable bonds is 5. The summed E-state index contributed by atoms with van der Waals surface area (Å²) in [6, 6.07) is 1.16. The van der Waals surface area contributed by atoms with Crippen LogP contribution in [0, 0.1) is 0 Å². The van der Waals surface area contributed by atoms with E-state index < -0.39 is 0 Å². The molecule has 4 fully saturated rings. The van der Waals surface area contributed by atoms with E-state index >= 15 is 0 Å². The summed E-state index contributed by atoms with van der Waals surface area (Å²) in [5.41, 5.74) is 1.26. The molecule has 1 unspecified atom stereocenters. The van der Waals surface area contributed by atoms with Crippen molar-refractivity contribution in [3.63, 3.8) is 0 Å². The first-order valence-electron chi connectivity index (χ1n) is 9.44. The predicted octanol–water partition coefficient (Wildman–Crippen LogP) is 0.192. The molecule has 4 aliphatic heterocycles. The van der Waals surface area contributed by atoms with Crippen molar-refractivity contribution < 1.29 is 0 Å². The number of likely N-dealkylation sites (tertiary alicyclic amines) is 1. The van der Waals surface area contributed by atoms with Crippen LogP contribution in [-0.4, -0.2) is 98.7 Å². The molecule has 136 valence electrons. The van der Waals surface area contributed by atoms with Crippen LogP contribution in [0.2, 0.25) is 0 Å². The fourth-order valence-electron chi connectivity index (χ4n) is 4.14. The molecule has 4 saturated heterocycles. The van der Waals surface area contributed by atoms with Crippen LogP contribution < -0.4 is 10.6 Å². The van der Waals surface area contributed by atoms with Gasteiger partial charge in [0.05, 0.1) is 0 Å². The smallest absolute Gasteiger partial charge is 0.191 e. The van der Waals surface area contributed by atoms with Gasteiger partial charge in [-0.25, -0.2) is 0 Å². The molecule has 2 bridgehead atoms. The van der Waals surface area contributed by atoms with E-state index in [1.807, 2.05) is 7.05 Å². The summed E-state index contributed by atoms with van der Waals surface area (Å²) in [6.45, 7) is 16.6. The highest BCUT2D eigenvalue weighted by molar-refractivity contribution is 5.80. The summed E-state index contributed by atoms with van der Waals surface area (Å²) in [5, 5.41) is 7.18. The molecule has 0 spiro atoms. The Labute approximate surface area is 147 Å². The van der Waals surface area contributed by atoms with Crippen molar-refractivity contribution in [1.82, 2.24) is 25.3 Å². The third kappa shape index (κ3) is 4.71. The van der Waals surface area contributed by atoms with Gasteiger partial charge in [0.1, 0.15) is 0 Å². The molecular formula is C18H34N6. The molecule has 4 aliphatic rings. The molecule has 4 rings (SSSR count). The van der Waals surface area contributed by atoms with Gasteiger partial charge in [-0.3, -0.25) is 19.7 Å². The second-order valence-corrected chi connectivity index (χ2v) is 7.60. The Bertz CT molecular complexity index is 446. The van der Waals surface area contributed by atoms with Crippen molar-refractivity contribution in [1.29, 1.82) is 0 Å². The highest BCUT2D eigenvalue weighted by Gasteiger charge is 2.31. The fourth-order valence-corrected chi connectivity index (χ4v) is 4.14. The normalized spacial score (nSPS) is 31.9. The van der Waals surface area contributed by atoms with Gasteiger partial charge >= 0.3 is 0 Å². The first-order valence-corrected chi connectivity index (χ1v) is 9.44. The molecule has 0 aromatic rings. The van der Waals surface area contributed by atoms with Crippen LogP contribution in [0.15, 0.2) is 17.1 Å². The van der Waals surface area contributed by atoms with E-state index in [-0.39, 0.29) is 0 Å². The SMILES string of the molecule is C=C(C)CN1CCC(NC(=NC)NCC2CN3CCN2CC3)CC1. The summed E-state index contributed by atoms with van der Waals surface area (Å²) in [7, 11) is 1.88. The van der Waals surface area contributed by atoms with Crippen LogP contribution in [-0.2, 0) is 0 Å². The molecule has 0 aromatic carbocycles. The minimum absolute atomic E-state index is 0.532. The molecule has 6 heteroatoms. The lowest BCUT2D eigenvalue weighted by atomic mass is 10.0. The van der Waals surface area contributed by atoms with Crippen molar-refractivity contribution in [3.8, 4) is 0 Å². The molecule has 1 atom stereocenters. The predicted molar refractivity (Wildman–Crippen MR) is 101 cm³/mol. The van der Waals surface area contributed by atoms with Gasteiger partial charge in [0.2, 0.25) is 0 Å². The van der Waals surface area contributed by atoms with Crippen molar-refractivity contribution in [3.05, 3.63) is 12.2 Å². The highest BCUT2D eigenvalue weighted by Crippen LogP contribution is 2.15. The van der Waals surface area contributed by atoms with E-state index in [9.17, 15) is 0 Å². The van der Waals surface area contributed by atoms with Gasteiger partial charge in [-0.15, -0.1) is 0 Å². The van der Waals surface area contributed by atoms with Crippen LogP contribution in [0.25, 0.3) is 0 Å². The average Bonchev–Trinajstić information content (AvgIpc) is 2.60. The topological polar surface area (TPSA) is 46.1 Å². The minimum Gasteiger partial charge on any atom is -0.355 e. The van der Waals surface area contributed by atoms with Gasteiger partial charge in [0.15, 0.2) is 5.96 Å². The molecule has 0 amide bonds. The molecule has 0 aromatic heterocycles. The Hall–Kier alpha value is -1.11. The van der Waals surface area contributed by atoms with Crippen LogP contribution in [0.4, 0.5) is 0 Å². The van der Waals surface area contributed by atoms with Crippen LogP contribution >= 0.6 is 0 Å². The van der Waals surface area contributed by atoms with Gasteiger partial charge in [-0.1, -0.05) is 12.2 Å². The van der Waals surface area contributed by atoms with E-state index in [4.69, 9.17) is 0 Å².